The third-order valence-electron chi connectivity index (χ3n) is 4.95. The van der Waals surface area contributed by atoms with Crippen molar-refractivity contribution in [2.75, 3.05) is 4.72 Å². The largest absolute Gasteiger partial charge is 0.508 e. The van der Waals surface area contributed by atoms with Crippen LogP contribution in [0.1, 0.15) is 33.6 Å². The number of imide groups is 1. The second-order valence-electron chi connectivity index (χ2n) is 6.99. The summed E-state index contributed by atoms with van der Waals surface area (Å²) in [7, 11) is -3.97. The van der Waals surface area contributed by atoms with E-state index in [9.17, 15) is 27.9 Å². The van der Waals surface area contributed by atoms with Crippen molar-refractivity contribution in [1.82, 2.24) is 10.2 Å². The number of piperidine rings is 1. The number of carbonyl (C=O) groups is 3. The molecule has 0 spiro atoms. The number of allylic oxidation sites excluding steroid dienone is 1. The molecule has 9 nitrogen and oxygen atoms in total. The number of anilines is 1. The number of hydrogen-bond donors (Lipinski definition) is 3. The second-order valence-corrected chi connectivity index (χ2v) is 8.67. The molecule has 2 heterocycles. The lowest BCUT2D eigenvalue weighted by Crippen LogP contribution is -2.51. The number of nitrogens with zero attached hydrogens (tertiary/aromatic N) is 1. The number of amides is 3. The molecular formula is C20H17N3O6S. The van der Waals surface area contributed by atoms with Crippen LogP contribution in [0.25, 0.3) is 0 Å². The van der Waals surface area contributed by atoms with Gasteiger partial charge in [-0.3, -0.25) is 24.0 Å². The minimum Gasteiger partial charge on any atom is -0.508 e. The molecular weight excluding hydrogens is 410 g/mol. The van der Waals surface area contributed by atoms with Gasteiger partial charge in [0.15, 0.2) is 0 Å². The molecule has 1 atom stereocenters. The molecule has 2 aromatic rings. The lowest BCUT2D eigenvalue weighted by atomic mass is 10.0. The monoisotopic (exact) mass is 427 g/mol. The average molecular weight is 427 g/mol. The first-order valence-corrected chi connectivity index (χ1v) is 10.5. The highest BCUT2D eigenvalue weighted by Gasteiger charge is 2.44. The highest BCUT2D eigenvalue weighted by molar-refractivity contribution is 7.92. The van der Waals surface area contributed by atoms with Crippen molar-refractivity contribution < 1.29 is 27.9 Å². The van der Waals surface area contributed by atoms with Crippen LogP contribution in [0, 0.1) is 0 Å². The van der Waals surface area contributed by atoms with Gasteiger partial charge in [-0.25, -0.2) is 8.42 Å². The van der Waals surface area contributed by atoms with E-state index in [1.165, 1.54) is 42.5 Å². The zero-order valence-electron chi connectivity index (χ0n) is 15.6. The molecule has 10 heteroatoms. The smallest absolute Gasteiger partial charge is 0.262 e. The molecule has 2 aliphatic heterocycles. The van der Waals surface area contributed by atoms with Gasteiger partial charge in [0.25, 0.3) is 21.8 Å². The van der Waals surface area contributed by atoms with Gasteiger partial charge in [0.05, 0.1) is 16.0 Å². The van der Waals surface area contributed by atoms with Gasteiger partial charge in [0, 0.05) is 11.4 Å². The van der Waals surface area contributed by atoms with E-state index in [0.29, 0.717) is 12.1 Å². The van der Waals surface area contributed by atoms with Gasteiger partial charge in [-0.15, -0.1) is 0 Å². The lowest BCUT2D eigenvalue weighted by molar-refractivity contribution is -0.125. The van der Waals surface area contributed by atoms with E-state index < -0.39 is 33.8 Å². The first-order valence-electron chi connectivity index (χ1n) is 9.00. The molecule has 2 aliphatic rings. The molecule has 3 N–H and O–H groups in total. The van der Waals surface area contributed by atoms with Gasteiger partial charge in [-0.05, 0) is 55.3 Å². The van der Waals surface area contributed by atoms with Crippen molar-refractivity contribution in [3.05, 3.63) is 65.9 Å². The van der Waals surface area contributed by atoms with Crippen LogP contribution in [-0.4, -0.2) is 42.2 Å². The molecule has 4 rings (SSSR count). The van der Waals surface area contributed by atoms with Gasteiger partial charge < -0.3 is 10.4 Å². The number of phenolic OH excluding ortho intramolecular Hbond substituents is 1. The van der Waals surface area contributed by atoms with Gasteiger partial charge in [0.1, 0.15) is 11.8 Å². The summed E-state index contributed by atoms with van der Waals surface area (Å²) < 4.78 is 27.4. The number of rotatable bonds is 4. The van der Waals surface area contributed by atoms with E-state index in [1.807, 2.05) is 0 Å². The number of benzene rings is 2. The Balaban J connectivity index is 1.61. The maximum absolute atomic E-state index is 12.9. The predicted octanol–water partition coefficient (Wildman–Crippen LogP) is 1.58. The quantitative estimate of drug-likeness (QED) is 0.635. The average Bonchev–Trinajstić information content (AvgIpc) is 2.92. The maximum atomic E-state index is 12.9. The summed E-state index contributed by atoms with van der Waals surface area (Å²) in [4.78, 5) is 38.6. The predicted molar refractivity (Wildman–Crippen MR) is 106 cm³/mol. The Morgan fingerprint density at radius 1 is 1.03 bits per heavy atom. The fourth-order valence-electron chi connectivity index (χ4n) is 3.45. The van der Waals surface area contributed by atoms with Crippen LogP contribution in [0.2, 0.25) is 0 Å². The summed E-state index contributed by atoms with van der Waals surface area (Å²) in [6.07, 6.45) is 0.720. The molecule has 0 radical (unpaired) electrons. The molecule has 1 fully saturated rings. The Morgan fingerprint density at radius 2 is 1.70 bits per heavy atom. The Labute approximate surface area is 172 Å². The molecule has 1 unspecified atom stereocenters. The summed E-state index contributed by atoms with van der Waals surface area (Å²) in [5.41, 5.74) is 0.734. The summed E-state index contributed by atoms with van der Waals surface area (Å²) in [6.45, 7) is 3.68. The third-order valence-corrected chi connectivity index (χ3v) is 6.35. The number of sulfonamides is 1. The number of carbonyl (C=O) groups excluding carboxylic acids is 3. The van der Waals surface area contributed by atoms with Gasteiger partial charge >= 0.3 is 0 Å². The van der Waals surface area contributed by atoms with Crippen molar-refractivity contribution in [1.29, 1.82) is 0 Å². The Bertz CT molecular complexity index is 1200. The van der Waals surface area contributed by atoms with Crippen LogP contribution in [0.4, 0.5) is 5.69 Å². The normalized spacial score (nSPS) is 18.9. The van der Waals surface area contributed by atoms with Crippen LogP contribution in [0.5, 0.6) is 5.75 Å². The van der Waals surface area contributed by atoms with Crippen molar-refractivity contribution in [2.24, 2.45) is 0 Å². The van der Waals surface area contributed by atoms with Crippen LogP contribution in [0.15, 0.2) is 59.6 Å². The molecule has 3 amide bonds. The fourth-order valence-corrected chi connectivity index (χ4v) is 4.50. The van der Waals surface area contributed by atoms with Crippen LogP contribution in [-0.2, 0) is 14.8 Å². The first-order chi connectivity index (χ1) is 14.2. The van der Waals surface area contributed by atoms with E-state index in [-0.39, 0.29) is 33.9 Å². The molecule has 1 saturated heterocycles. The summed E-state index contributed by atoms with van der Waals surface area (Å²) >= 11 is 0. The number of nitrogens with one attached hydrogen (secondary N) is 2. The summed E-state index contributed by atoms with van der Waals surface area (Å²) in [5, 5.41) is 11.9. The van der Waals surface area contributed by atoms with E-state index in [4.69, 9.17) is 0 Å². The van der Waals surface area contributed by atoms with E-state index in [0.717, 1.165) is 4.90 Å². The molecule has 30 heavy (non-hydrogen) atoms. The highest BCUT2D eigenvalue weighted by Crippen LogP contribution is 2.31. The zero-order valence-corrected chi connectivity index (χ0v) is 16.4. The first kappa shape index (κ1) is 19.6. The molecule has 0 bridgehead atoms. The fraction of sp³-hybridized carbons (Fsp3) is 0.150. The van der Waals surface area contributed by atoms with Gasteiger partial charge in [-0.2, -0.15) is 0 Å². The summed E-state index contributed by atoms with van der Waals surface area (Å²) in [5.74, 6) is -1.82. The van der Waals surface area contributed by atoms with Gasteiger partial charge in [-0.1, -0.05) is 6.58 Å². The standard InChI is InChI=1S/C20H17N3O6S/c1-11-2-9-17(18(25)21-11)23-19(26)15-8-3-12(10-16(15)20(23)27)22-30(28,29)14-6-4-13(24)5-7-14/h3-8,10,17,22,24H,1-2,9H2,(H,21,25). The van der Waals surface area contributed by atoms with Crippen molar-refractivity contribution in [3.8, 4) is 5.75 Å². The SMILES string of the molecule is C=C1CCC(N2C(=O)c3ccc(NS(=O)(=O)c4ccc(O)cc4)cc3C2=O)C(=O)N1. The molecule has 0 aromatic heterocycles. The van der Waals surface area contributed by atoms with E-state index in [1.54, 1.807) is 0 Å². The minimum atomic E-state index is -3.97. The van der Waals surface area contributed by atoms with Crippen molar-refractivity contribution in [3.63, 3.8) is 0 Å². The Morgan fingerprint density at radius 3 is 2.37 bits per heavy atom. The van der Waals surface area contributed by atoms with Crippen molar-refractivity contribution in [2.45, 2.75) is 23.8 Å². The molecule has 154 valence electrons. The number of aromatic hydroxyl groups is 1. The third kappa shape index (κ3) is 3.30. The zero-order chi connectivity index (χ0) is 21.6. The molecule has 0 saturated carbocycles. The van der Waals surface area contributed by atoms with Gasteiger partial charge in [0.2, 0.25) is 5.91 Å². The lowest BCUT2D eigenvalue weighted by Gasteiger charge is -2.29. The van der Waals surface area contributed by atoms with E-state index in [2.05, 4.69) is 16.6 Å². The van der Waals surface area contributed by atoms with Crippen molar-refractivity contribution >= 4 is 33.4 Å². The van der Waals surface area contributed by atoms with E-state index >= 15 is 0 Å². The molecule has 2 aromatic carbocycles. The number of hydrogen-bond acceptors (Lipinski definition) is 6. The highest BCUT2D eigenvalue weighted by atomic mass is 32.2. The van der Waals surface area contributed by atoms with Crippen LogP contribution in [0.3, 0.4) is 0 Å². The number of fused-ring (bicyclic) bond motifs is 1. The summed E-state index contributed by atoms with van der Waals surface area (Å²) in [6, 6.07) is 7.99. The number of phenols is 1. The Hall–Kier alpha value is -3.66. The van der Waals surface area contributed by atoms with Crippen LogP contribution >= 0.6 is 0 Å². The molecule has 0 aliphatic carbocycles. The maximum Gasteiger partial charge on any atom is 0.262 e. The van der Waals surface area contributed by atoms with Crippen LogP contribution < -0.4 is 10.0 Å². The Kier molecular flexibility index (Phi) is 4.58. The minimum absolute atomic E-state index is 0.0168. The topological polar surface area (TPSA) is 133 Å². The second kappa shape index (κ2) is 6.99.